The van der Waals surface area contributed by atoms with Gasteiger partial charge in [0.2, 0.25) is 0 Å². The number of nitrogens with two attached hydrogens (primary N) is 1. The minimum atomic E-state index is -0.800. The Hall–Kier alpha value is -0.830. The number of hydrogen-bond donors (Lipinski definition) is 2. The van der Waals surface area contributed by atoms with Gasteiger partial charge in [-0.15, -0.1) is 0 Å². The van der Waals surface area contributed by atoms with E-state index >= 15 is 0 Å². The van der Waals surface area contributed by atoms with Crippen LogP contribution in [0.2, 0.25) is 0 Å². The zero-order valence-electron chi connectivity index (χ0n) is 5.71. The van der Waals surface area contributed by atoms with Gasteiger partial charge in [-0.25, -0.2) is 0 Å². The van der Waals surface area contributed by atoms with Gasteiger partial charge in [0.15, 0.2) is 0 Å². The van der Waals surface area contributed by atoms with Gasteiger partial charge in [0.05, 0.1) is 5.92 Å². The van der Waals surface area contributed by atoms with Crippen LogP contribution in [0.3, 0.4) is 0 Å². The number of aliphatic carboxylic acids is 1. The Bertz CT molecular complexity index is 176. The van der Waals surface area contributed by atoms with Crippen LogP contribution < -0.4 is 5.73 Å². The third kappa shape index (κ3) is 1.04. The molecule has 1 aliphatic carbocycles. The zero-order chi connectivity index (χ0) is 7.72. The summed E-state index contributed by atoms with van der Waals surface area (Å²) in [7, 11) is 0. The molecule has 0 aliphatic heterocycles. The second kappa shape index (κ2) is 2.42. The molecule has 0 heterocycles. The first kappa shape index (κ1) is 7.28. The SMILES string of the molecule is C=C1CC[C@@H](C(=O)O)[C@H]1N. The van der Waals surface area contributed by atoms with E-state index in [1.165, 1.54) is 0 Å². The Balaban J connectivity index is 2.66. The van der Waals surface area contributed by atoms with Gasteiger partial charge in [0.25, 0.3) is 0 Å². The van der Waals surface area contributed by atoms with Crippen LogP contribution in [0.25, 0.3) is 0 Å². The van der Waals surface area contributed by atoms with Gasteiger partial charge < -0.3 is 10.8 Å². The monoisotopic (exact) mass is 141 g/mol. The minimum Gasteiger partial charge on any atom is -0.481 e. The van der Waals surface area contributed by atoms with E-state index in [1.807, 2.05) is 0 Å². The standard InChI is InChI=1S/C7H11NO2/c1-4-2-3-5(6(4)8)7(9)10/h5-6H,1-3,8H2,(H,9,10)/t5-,6+/m1/s1. The summed E-state index contributed by atoms with van der Waals surface area (Å²) < 4.78 is 0. The van der Waals surface area contributed by atoms with E-state index in [-0.39, 0.29) is 6.04 Å². The Morgan fingerprint density at radius 2 is 2.40 bits per heavy atom. The Kier molecular flexibility index (Phi) is 1.76. The molecule has 10 heavy (non-hydrogen) atoms. The van der Waals surface area contributed by atoms with Crippen LogP contribution in [0.1, 0.15) is 12.8 Å². The molecule has 0 spiro atoms. The smallest absolute Gasteiger partial charge is 0.308 e. The molecule has 0 amide bonds. The highest BCUT2D eigenvalue weighted by Crippen LogP contribution is 2.27. The number of carboxylic acids is 1. The summed E-state index contributed by atoms with van der Waals surface area (Å²) in [5.41, 5.74) is 6.41. The molecule has 0 aromatic heterocycles. The highest BCUT2D eigenvalue weighted by Gasteiger charge is 2.32. The summed E-state index contributed by atoms with van der Waals surface area (Å²) in [6.07, 6.45) is 1.41. The molecule has 3 nitrogen and oxygen atoms in total. The molecule has 0 aromatic carbocycles. The molecule has 56 valence electrons. The van der Waals surface area contributed by atoms with Gasteiger partial charge in [0, 0.05) is 6.04 Å². The largest absolute Gasteiger partial charge is 0.481 e. The van der Waals surface area contributed by atoms with E-state index in [0.29, 0.717) is 6.42 Å². The number of carbonyl (C=O) groups is 1. The van der Waals surface area contributed by atoms with Crippen molar-refractivity contribution in [1.29, 1.82) is 0 Å². The lowest BCUT2D eigenvalue weighted by atomic mass is 10.0. The van der Waals surface area contributed by atoms with Crippen LogP contribution in [-0.2, 0) is 4.79 Å². The second-order valence-corrected chi connectivity index (χ2v) is 2.67. The van der Waals surface area contributed by atoms with Crippen molar-refractivity contribution in [1.82, 2.24) is 0 Å². The van der Waals surface area contributed by atoms with Crippen LogP contribution in [0.4, 0.5) is 0 Å². The van der Waals surface area contributed by atoms with E-state index in [9.17, 15) is 4.79 Å². The lowest BCUT2D eigenvalue weighted by molar-refractivity contribution is -0.141. The van der Waals surface area contributed by atoms with Crippen molar-refractivity contribution in [3.8, 4) is 0 Å². The molecule has 1 fully saturated rings. The molecular weight excluding hydrogens is 130 g/mol. The average Bonchev–Trinajstić information content (AvgIpc) is 2.14. The highest BCUT2D eigenvalue weighted by atomic mass is 16.4. The van der Waals surface area contributed by atoms with Crippen molar-refractivity contribution in [2.45, 2.75) is 18.9 Å². The molecule has 0 bridgehead atoms. The fraction of sp³-hybridized carbons (Fsp3) is 0.571. The van der Waals surface area contributed by atoms with Crippen LogP contribution >= 0.6 is 0 Å². The normalized spacial score (nSPS) is 32.7. The Labute approximate surface area is 59.5 Å². The molecule has 3 N–H and O–H groups in total. The van der Waals surface area contributed by atoms with Gasteiger partial charge in [-0.3, -0.25) is 4.79 Å². The van der Waals surface area contributed by atoms with Crippen molar-refractivity contribution in [3.05, 3.63) is 12.2 Å². The average molecular weight is 141 g/mol. The number of hydrogen-bond acceptors (Lipinski definition) is 2. The first-order valence-electron chi connectivity index (χ1n) is 3.29. The van der Waals surface area contributed by atoms with Crippen molar-refractivity contribution >= 4 is 5.97 Å². The Morgan fingerprint density at radius 3 is 2.60 bits per heavy atom. The summed E-state index contributed by atoms with van der Waals surface area (Å²) in [6.45, 7) is 3.68. The minimum absolute atomic E-state index is 0.322. The molecule has 0 saturated heterocycles. The maximum Gasteiger partial charge on any atom is 0.308 e. The van der Waals surface area contributed by atoms with Crippen molar-refractivity contribution in [3.63, 3.8) is 0 Å². The first-order valence-corrected chi connectivity index (χ1v) is 3.29. The van der Waals surface area contributed by atoms with Gasteiger partial charge in [0.1, 0.15) is 0 Å². The summed E-state index contributed by atoms with van der Waals surface area (Å²) >= 11 is 0. The number of rotatable bonds is 1. The highest BCUT2D eigenvalue weighted by molar-refractivity contribution is 5.72. The van der Waals surface area contributed by atoms with E-state index in [4.69, 9.17) is 10.8 Å². The quantitative estimate of drug-likeness (QED) is 0.518. The zero-order valence-corrected chi connectivity index (χ0v) is 5.71. The molecule has 3 heteroatoms. The summed E-state index contributed by atoms with van der Waals surface area (Å²) in [6, 6.07) is -0.322. The van der Waals surface area contributed by atoms with E-state index in [0.717, 1.165) is 12.0 Å². The van der Waals surface area contributed by atoms with Crippen LogP contribution in [0.15, 0.2) is 12.2 Å². The lowest BCUT2D eigenvalue weighted by Crippen LogP contribution is -2.31. The van der Waals surface area contributed by atoms with Gasteiger partial charge >= 0.3 is 5.97 Å². The first-order chi connectivity index (χ1) is 4.63. The summed E-state index contributed by atoms with van der Waals surface area (Å²) in [5.74, 6) is -1.20. The fourth-order valence-corrected chi connectivity index (χ4v) is 1.25. The molecule has 0 aromatic rings. The molecule has 2 atom stereocenters. The maximum atomic E-state index is 10.4. The topological polar surface area (TPSA) is 63.3 Å². The van der Waals surface area contributed by atoms with E-state index in [1.54, 1.807) is 0 Å². The Morgan fingerprint density at radius 1 is 1.80 bits per heavy atom. The van der Waals surface area contributed by atoms with Crippen LogP contribution in [-0.4, -0.2) is 17.1 Å². The molecule has 0 radical (unpaired) electrons. The molecule has 1 saturated carbocycles. The molecule has 1 aliphatic rings. The summed E-state index contributed by atoms with van der Waals surface area (Å²) in [5, 5.41) is 8.58. The molecular formula is C7H11NO2. The van der Waals surface area contributed by atoms with Gasteiger partial charge in [-0.2, -0.15) is 0 Å². The van der Waals surface area contributed by atoms with Crippen molar-refractivity contribution in [2.24, 2.45) is 11.7 Å². The second-order valence-electron chi connectivity index (χ2n) is 2.67. The van der Waals surface area contributed by atoms with E-state index in [2.05, 4.69) is 6.58 Å². The van der Waals surface area contributed by atoms with Crippen LogP contribution in [0.5, 0.6) is 0 Å². The van der Waals surface area contributed by atoms with Crippen molar-refractivity contribution < 1.29 is 9.90 Å². The van der Waals surface area contributed by atoms with Gasteiger partial charge in [-0.1, -0.05) is 12.2 Å². The third-order valence-electron chi connectivity index (χ3n) is 2.00. The third-order valence-corrected chi connectivity index (χ3v) is 2.00. The van der Waals surface area contributed by atoms with E-state index < -0.39 is 11.9 Å². The summed E-state index contributed by atoms with van der Waals surface area (Å²) in [4.78, 5) is 10.4. The fourth-order valence-electron chi connectivity index (χ4n) is 1.25. The van der Waals surface area contributed by atoms with Gasteiger partial charge in [-0.05, 0) is 12.8 Å². The molecule has 1 rings (SSSR count). The maximum absolute atomic E-state index is 10.4. The van der Waals surface area contributed by atoms with Crippen molar-refractivity contribution in [2.75, 3.05) is 0 Å². The number of carboxylic acid groups (broad SMARTS) is 1. The predicted octanol–water partition coefficient (Wildman–Crippen LogP) is 0.365. The van der Waals surface area contributed by atoms with Crippen LogP contribution in [0, 0.1) is 5.92 Å². The molecule has 0 unspecified atom stereocenters. The lowest BCUT2D eigenvalue weighted by Gasteiger charge is -2.09. The predicted molar refractivity (Wildman–Crippen MR) is 37.5 cm³/mol.